The Balaban J connectivity index is 1.53. The van der Waals surface area contributed by atoms with Crippen LogP contribution in [-0.4, -0.2) is 55.0 Å². The molecule has 5 heteroatoms. The van der Waals surface area contributed by atoms with Crippen molar-refractivity contribution in [3.63, 3.8) is 0 Å². The van der Waals surface area contributed by atoms with Crippen LogP contribution in [0.15, 0.2) is 54.4 Å². The second kappa shape index (κ2) is 9.01. The van der Waals surface area contributed by atoms with E-state index in [2.05, 4.69) is 65.1 Å². The molecule has 0 aliphatic carbocycles. The summed E-state index contributed by atoms with van der Waals surface area (Å²) in [5.41, 5.74) is 2.53. The third kappa shape index (κ3) is 4.96. The molecule has 2 aromatic rings. The van der Waals surface area contributed by atoms with Gasteiger partial charge in [0, 0.05) is 49.8 Å². The molecule has 138 valence electrons. The summed E-state index contributed by atoms with van der Waals surface area (Å²) in [4.78, 5) is 20.5. The SMILES string of the molecule is C=CCN(CC(=O)N1CCN(c2cccc(C)c2)CC1)Cc1cccs1. The Morgan fingerprint density at radius 2 is 2.04 bits per heavy atom. The normalized spacial score (nSPS) is 14.7. The number of hydrogen-bond donors (Lipinski definition) is 0. The lowest BCUT2D eigenvalue weighted by Gasteiger charge is -2.37. The van der Waals surface area contributed by atoms with Crippen LogP contribution in [0.25, 0.3) is 0 Å². The number of benzene rings is 1. The van der Waals surface area contributed by atoms with E-state index in [1.807, 2.05) is 11.0 Å². The quantitative estimate of drug-likeness (QED) is 0.700. The molecule has 0 saturated carbocycles. The molecular formula is C21H27N3OS. The van der Waals surface area contributed by atoms with Gasteiger partial charge in [-0.3, -0.25) is 9.69 Å². The zero-order chi connectivity index (χ0) is 18.4. The van der Waals surface area contributed by atoms with E-state index in [9.17, 15) is 4.79 Å². The third-order valence-electron chi connectivity index (χ3n) is 4.70. The lowest BCUT2D eigenvalue weighted by molar-refractivity contribution is -0.132. The summed E-state index contributed by atoms with van der Waals surface area (Å²) >= 11 is 1.73. The van der Waals surface area contributed by atoms with E-state index in [0.717, 1.165) is 39.3 Å². The first-order valence-electron chi connectivity index (χ1n) is 9.11. The monoisotopic (exact) mass is 369 g/mol. The number of thiophene rings is 1. The minimum atomic E-state index is 0.215. The number of carbonyl (C=O) groups excluding carboxylic acids is 1. The topological polar surface area (TPSA) is 26.8 Å². The van der Waals surface area contributed by atoms with E-state index in [0.29, 0.717) is 6.54 Å². The van der Waals surface area contributed by atoms with Gasteiger partial charge in [-0.05, 0) is 36.1 Å². The number of aryl methyl sites for hydroxylation is 1. The molecule has 4 nitrogen and oxygen atoms in total. The fourth-order valence-corrected chi connectivity index (χ4v) is 4.07. The van der Waals surface area contributed by atoms with Crippen LogP contribution in [0.2, 0.25) is 0 Å². The van der Waals surface area contributed by atoms with Crippen LogP contribution in [-0.2, 0) is 11.3 Å². The Morgan fingerprint density at radius 3 is 2.69 bits per heavy atom. The van der Waals surface area contributed by atoms with Gasteiger partial charge in [0.1, 0.15) is 0 Å². The van der Waals surface area contributed by atoms with Crippen molar-refractivity contribution < 1.29 is 4.79 Å². The molecular weight excluding hydrogens is 342 g/mol. The molecule has 1 fully saturated rings. The molecule has 26 heavy (non-hydrogen) atoms. The minimum absolute atomic E-state index is 0.215. The predicted molar refractivity (Wildman–Crippen MR) is 110 cm³/mol. The van der Waals surface area contributed by atoms with Crippen molar-refractivity contribution in [2.45, 2.75) is 13.5 Å². The van der Waals surface area contributed by atoms with Crippen molar-refractivity contribution in [1.29, 1.82) is 0 Å². The first-order chi connectivity index (χ1) is 12.7. The first-order valence-corrected chi connectivity index (χ1v) is 9.98. The van der Waals surface area contributed by atoms with Gasteiger partial charge in [-0.25, -0.2) is 0 Å². The van der Waals surface area contributed by atoms with E-state index >= 15 is 0 Å². The smallest absolute Gasteiger partial charge is 0.236 e. The second-order valence-corrected chi connectivity index (χ2v) is 7.78. The van der Waals surface area contributed by atoms with Gasteiger partial charge in [-0.1, -0.05) is 24.3 Å². The number of rotatable bonds is 7. The molecule has 1 aliphatic rings. The van der Waals surface area contributed by atoms with E-state index in [4.69, 9.17) is 0 Å². The maximum Gasteiger partial charge on any atom is 0.236 e. The minimum Gasteiger partial charge on any atom is -0.368 e. The molecule has 0 atom stereocenters. The summed E-state index contributed by atoms with van der Waals surface area (Å²) in [6, 6.07) is 12.7. The molecule has 1 aromatic carbocycles. The molecule has 2 heterocycles. The van der Waals surface area contributed by atoms with Crippen LogP contribution in [0.1, 0.15) is 10.4 Å². The van der Waals surface area contributed by atoms with Gasteiger partial charge in [-0.2, -0.15) is 0 Å². The highest BCUT2D eigenvalue weighted by Gasteiger charge is 2.22. The van der Waals surface area contributed by atoms with Crippen LogP contribution < -0.4 is 4.90 Å². The van der Waals surface area contributed by atoms with Crippen molar-refractivity contribution >= 4 is 22.9 Å². The Labute approximate surface area is 160 Å². The molecule has 1 aromatic heterocycles. The largest absolute Gasteiger partial charge is 0.368 e. The Bertz CT molecular complexity index is 721. The predicted octanol–water partition coefficient (Wildman–Crippen LogP) is 3.39. The molecule has 0 N–H and O–H groups in total. The second-order valence-electron chi connectivity index (χ2n) is 6.74. The molecule has 0 bridgehead atoms. The van der Waals surface area contributed by atoms with Crippen LogP contribution in [0, 0.1) is 6.92 Å². The van der Waals surface area contributed by atoms with Gasteiger partial charge in [0.25, 0.3) is 0 Å². The number of piperazine rings is 1. The zero-order valence-electron chi connectivity index (χ0n) is 15.4. The number of nitrogens with zero attached hydrogens (tertiary/aromatic N) is 3. The lowest BCUT2D eigenvalue weighted by atomic mass is 10.2. The summed E-state index contributed by atoms with van der Waals surface area (Å²) in [6.45, 7) is 11.3. The van der Waals surface area contributed by atoms with Gasteiger partial charge in [0.15, 0.2) is 0 Å². The molecule has 3 rings (SSSR count). The van der Waals surface area contributed by atoms with Crippen LogP contribution >= 0.6 is 11.3 Å². The van der Waals surface area contributed by atoms with E-state index < -0.39 is 0 Å². The van der Waals surface area contributed by atoms with Crippen molar-refractivity contribution in [2.24, 2.45) is 0 Å². The van der Waals surface area contributed by atoms with Crippen LogP contribution in [0.3, 0.4) is 0 Å². The molecule has 1 saturated heterocycles. The van der Waals surface area contributed by atoms with Crippen molar-refractivity contribution in [3.05, 3.63) is 64.9 Å². The summed E-state index contributed by atoms with van der Waals surface area (Å²) in [6.07, 6.45) is 1.87. The Kier molecular flexibility index (Phi) is 6.47. The zero-order valence-corrected chi connectivity index (χ0v) is 16.3. The highest BCUT2D eigenvalue weighted by molar-refractivity contribution is 7.09. The van der Waals surface area contributed by atoms with Crippen molar-refractivity contribution in [3.8, 4) is 0 Å². The fourth-order valence-electron chi connectivity index (χ4n) is 3.32. The van der Waals surface area contributed by atoms with Crippen LogP contribution in [0.5, 0.6) is 0 Å². The van der Waals surface area contributed by atoms with E-state index in [1.54, 1.807) is 11.3 Å². The van der Waals surface area contributed by atoms with Gasteiger partial charge in [0.05, 0.1) is 6.54 Å². The lowest BCUT2D eigenvalue weighted by Crippen LogP contribution is -2.51. The molecule has 0 radical (unpaired) electrons. The Hall–Kier alpha value is -2.11. The highest BCUT2D eigenvalue weighted by atomic mass is 32.1. The first kappa shape index (κ1) is 18.7. The van der Waals surface area contributed by atoms with Gasteiger partial charge in [-0.15, -0.1) is 17.9 Å². The highest BCUT2D eigenvalue weighted by Crippen LogP contribution is 2.18. The van der Waals surface area contributed by atoms with E-state index in [-0.39, 0.29) is 5.91 Å². The summed E-state index contributed by atoms with van der Waals surface area (Å²) in [5.74, 6) is 0.215. The third-order valence-corrected chi connectivity index (χ3v) is 5.57. The number of amides is 1. The molecule has 1 aliphatic heterocycles. The average molecular weight is 370 g/mol. The van der Waals surface area contributed by atoms with Gasteiger partial charge < -0.3 is 9.80 Å². The molecule has 0 unspecified atom stereocenters. The van der Waals surface area contributed by atoms with Crippen LogP contribution in [0.4, 0.5) is 5.69 Å². The number of carbonyl (C=O) groups is 1. The van der Waals surface area contributed by atoms with Gasteiger partial charge in [0.2, 0.25) is 5.91 Å². The van der Waals surface area contributed by atoms with E-state index in [1.165, 1.54) is 16.1 Å². The fraction of sp³-hybridized carbons (Fsp3) is 0.381. The summed E-state index contributed by atoms with van der Waals surface area (Å²) < 4.78 is 0. The summed E-state index contributed by atoms with van der Waals surface area (Å²) in [7, 11) is 0. The molecule has 0 spiro atoms. The van der Waals surface area contributed by atoms with Gasteiger partial charge >= 0.3 is 0 Å². The number of hydrogen-bond acceptors (Lipinski definition) is 4. The average Bonchev–Trinajstić information content (AvgIpc) is 3.15. The van der Waals surface area contributed by atoms with Crippen molar-refractivity contribution in [1.82, 2.24) is 9.80 Å². The van der Waals surface area contributed by atoms with Crippen molar-refractivity contribution in [2.75, 3.05) is 44.2 Å². The maximum atomic E-state index is 12.7. The maximum absolute atomic E-state index is 12.7. The summed E-state index contributed by atoms with van der Waals surface area (Å²) in [5, 5.41) is 2.08. The molecule has 1 amide bonds. The standard InChI is InChI=1S/C21H27N3OS/c1-3-9-22(16-20-8-5-14-26-20)17-21(25)24-12-10-23(11-13-24)19-7-4-6-18(2)15-19/h3-8,14-15H,1,9-13,16-17H2,2H3. The Morgan fingerprint density at radius 1 is 1.23 bits per heavy atom. The number of anilines is 1.